The summed E-state index contributed by atoms with van der Waals surface area (Å²) in [4.78, 5) is 0. The van der Waals surface area contributed by atoms with E-state index < -0.39 is 29.6 Å². The zero-order valence-electron chi connectivity index (χ0n) is 13.7. The summed E-state index contributed by atoms with van der Waals surface area (Å²) in [5.74, 6) is 0.850. The van der Waals surface area contributed by atoms with Crippen molar-refractivity contribution in [3.63, 3.8) is 0 Å². The Morgan fingerprint density at radius 1 is 0.778 bits per heavy atom. The first-order valence-corrected chi connectivity index (χ1v) is 6.16. The van der Waals surface area contributed by atoms with Gasteiger partial charge >= 0.3 is 29.6 Å². The Labute approximate surface area is 152 Å². The molecule has 0 unspecified atom stereocenters. The van der Waals surface area contributed by atoms with Crippen LogP contribution in [0.3, 0.4) is 0 Å². The Morgan fingerprint density at radius 3 is 1.15 bits per heavy atom. The fourth-order valence-corrected chi connectivity index (χ4v) is 0.771. The topological polar surface area (TPSA) is 221 Å². The Hall–Kier alpha value is -1.85. The maximum absolute atomic E-state index is 10.1. The molecule has 0 aliphatic carbocycles. The van der Waals surface area contributed by atoms with Crippen molar-refractivity contribution in [3.8, 4) is 5.75 Å². The van der Waals surface area contributed by atoms with Crippen LogP contribution in [0.5, 0.6) is 5.75 Å². The van der Waals surface area contributed by atoms with Crippen molar-refractivity contribution in [2.24, 2.45) is 5.73 Å². The number of nitrogen functional groups attached to an aromatic ring is 1. The average molecular weight is 405 g/mol. The van der Waals surface area contributed by atoms with E-state index in [1.165, 1.54) is 0 Å². The number of halogens is 4. The number of benzene rings is 1. The van der Waals surface area contributed by atoms with Gasteiger partial charge in [0.25, 0.3) is 0 Å². The molecule has 1 rings (SSSR count). The van der Waals surface area contributed by atoms with Crippen LogP contribution in [-0.2, 0) is 0 Å². The molecule has 0 bridgehead atoms. The quantitative estimate of drug-likeness (QED) is 0.102. The van der Waals surface area contributed by atoms with E-state index in [9.17, 15) is 17.3 Å². The van der Waals surface area contributed by atoms with Crippen LogP contribution in [0, 0.1) is 5.41 Å². The summed E-state index contributed by atoms with van der Waals surface area (Å²) < 4.78 is 45.4. The Balaban J connectivity index is -0.000000139. The molecule has 0 radical (unpaired) electrons. The molecule has 1 aromatic rings. The Kier molecular flexibility index (Phi) is 27.0. The van der Waals surface area contributed by atoms with Crippen molar-refractivity contribution in [2.75, 3.05) is 7.11 Å². The van der Waals surface area contributed by atoms with Crippen LogP contribution in [0.1, 0.15) is 5.56 Å². The predicted molar refractivity (Wildman–Crippen MR) is 89.2 cm³/mol. The minimum absolute atomic E-state index is 0.0765. The Bertz CT molecular complexity index is 413. The van der Waals surface area contributed by atoms with Gasteiger partial charge in [-0.3, -0.25) is 22.7 Å². The molecule has 1 aromatic carbocycles. The van der Waals surface area contributed by atoms with Crippen molar-refractivity contribution in [1.82, 2.24) is 0 Å². The smallest absolute Gasteiger partial charge is 0.497 e. The second-order valence-electron chi connectivity index (χ2n) is 3.38. The maximum atomic E-state index is 10.1. The highest BCUT2D eigenvalue weighted by molar-refractivity contribution is 6.32. The molecule has 0 saturated heterocycles. The number of hydrogen-bond acceptors (Lipinski definition) is 10. The van der Waals surface area contributed by atoms with Gasteiger partial charge in [-0.15, -0.1) is 0 Å². The summed E-state index contributed by atoms with van der Waals surface area (Å²) in [6.07, 6.45) is 0. The standard InChI is InChI=1S/C8H10N2O.4BFH2O2/c1-11-7-4-2-6(3-5-7)8(9)10;4*2-1(3)4/h2-5H,1H3,(H3,9,10);4*3-4H. The number of rotatable bonds is 2. The third kappa shape index (κ3) is 59.2. The molecule has 19 heteroatoms. The molecule has 0 atom stereocenters. The number of hydrogen-bond donors (Lipinski definition) is 10. The first kappa shape index (κ1) is 32.8. The van der Waals surface area contributed by atoms with Crippen molar-refractivity contribution in [2.45, 2.75) is 0 Å². The summed E-state index contributed by atoms with van der Waals surface area (Å²) in [6, 6.07) is 7.05. The van der Waals surface area contributed by atoms with Gasteiger partial charge in [0.05, 0.1) is 7.11 Å². The van der Waals surface area contributed by atoms with Crippen molar-refractivity contribution >= 4 is 35.4 Å². The van der Waals surface area contributed by atoms with Crippen LogP contribution in [-0.4, -0.2) is 82.7 Å². The van der Waals surface area contributed by atoms with Crippen molar-refractivity contribution in [3.05, 3.63) is 29.8 Å². The van der Waals surface area contributed by atoms with E-state index in [0.29, 0.717) is 5.56 Å². The van der Waals surface area contributed by atoms with E-state index >= 15 is 0 Å². The van der Waals surface area contributed by atoms with Gasteiger partial charge in [-0.1, -0.05) is 0 Å². The van der Waals surface area contributed by atoms with Crippen LogP contribution < -0.4 is 10.5 Å². The van der Waals surface area contributed by atoms with E-state index in [1.54, 1.807) is 31.4 Å². The second kappa shape index (κ2) is 22.2. The number of nitrogens with two attached hydrogens (primary N) is 1. The second-order valence-corrected chi connectivity index (χ2v) is 3.38. The Morgan fingerprint density at radius 2 is 1.00 bits per heavy atom. The SMILES string of the molecule is COc1ccc(C(=N)N)cc1.OB(O)F.OB(O)F.OB(O)F.OB(O)F. The first-order valence-electron chi connectivity index (χ1n) is 6.16. The fraction of sp³-hybridized carbons (Fsp3) is 0.125. The largest absolute Gasteiger partial charge is 0.674 e. The zero-order valence-corrected chi connectivity index (χ0v) is 13.7. The molecular weight excluding hydrogens is 387 g/mol. The maximum Gasteiger partial charge on any atom is 0.674 e. The molecule has 0 aliphatic heterocycles. The highest BCUT2D eigenvalue weighted by atomic mass is 19.1. The number of nitrogens with one attached hydrogen (secondary N) is 1. The van der Waals surface area contributed by atoms with Crippen molar-refractivity contribution in [1.29, 1.82) is 5.41 Å². The first-order chi connectivity index (χ1) is 12.2. The van der Waals surface area contributed by atoms with E-state index in [0.717, 1.165) is 5.75 Å². The van der Waals surface area contributed by atoms with Gasteiger partial charge in [0.1, 0.15) is 11.6 Å². The molecule has 0 fully saturated rings. The van der Waals surface area contributed by atoms with Gasteiger partial charge in [-0.05, 0) is 24.3 Å². The van der Waals surface area contributed by atoms with E-state index in [-0.39, 0.29) is 5.84 Å². The zero-order chi connectivity index (χ0) is 22.6. The van der Waals surface area contributed by atoms with Crippen LogP contribution in [0.2, 0.25) is 0 Å². The predicted octanol–water partition coefficient (Wildman–Crippen LogP) is -3.32. The number of amidine groups is 1. The average Bonchev–Trinajstić information content (AvgIpc) is 2.45. The van der Waals surface area contributed by atoms with Crippen LogP contribution in [0.25, 0.3) is 0 Å². The molecule has 154 valence electrons. The molecule has 11 N–H and O–H groups in total. The van der Waals surface area contributed by atoms with Gasteiger partial charge in [0, 0.05) is 5.56 Å². The molecular formula is C8H18B4F4N2O9. The molecule has 0 spiro atoms. The van der Waals surface area contributed by atoms with Crippen molar-refractivity contribution < 1.29 is 62.2 Å². The highest BCUT2D eigenvalue weighted by Crippen LogP contribution is 2.10. The van der Waals surface area contributed by atoms with Gasteiger partial charge in [-0.25, -0.2) is 0 Å². The summed E-state index contributed by atoms with van der Waals surface area (Å²) >= 11 is 0. The van der Waals surface area contributed by atoms with Crippen LogP contribution >= 0.6 is 0 Å². The monoisotopic (exact) mass is 406 g/mol. The minimum atomic E-state index is -2.67. The fourth-order valence-electron chi connectivity index (χ4n) is 0.771. The lowest BCUT2D eigenvalue weighted by atomic mass is 10.2. The molecule has 11 nitrogen and oxygen atoms in total. The van der Waals surface area contributed by atoms with E-state index in [4.69, 9.17) is 56.1 Å². The summed E-state index contributed by atoms with van der Waals surface area (Å²) in [5.41, 5.74) is 5.96. The highest BCUT2D eigenvalue weighted by Gasteiger charge is 1.98. The van der Waals surface area contributed by atoms with E-state index in [2.05, 4.69) is 0 Å². The van der Waals surface area contributed by atoms with Crippen LogP contribution in [0.15, 0.2) is 24.3 Å². The van der Waals surface area contributed by atoms with E-state index in [1.807, 2.05) is 0 Å². The van der Waals surface area contributed by atoms with Gasteiger partial charge in [-0.2, -0.15) is 0 Å². The number of methoxy groups -OCH3 is 1. The van der Waals surface area contributed by atoms with Gasteiger partial charge in [0.2, 0.25) is 0 Å². The molecule has 0 amide bonds. The normalized spacial score (nSPS) is 7.74. The summed E-state index contributed by atoms with van der Waals surface area (Å²) in [5, 5.41) is 62.7. The third-order valence-electron chi connectivity index (χ3n) is 1.40. The summed E-state index contributed by atoms with van der Waals surface area (Å²) in [6.45, 7) is 0. The lowest BCUT2D eigenvalue weighted by molar-refractivity contribution is 0.338. The molecule has 27 heavy (non-hydrogen) atoms. The molecule has 0 aliphatic rings. The molecule has 0 saturated carbocycles. The lowest BCUT2D eigenvalue weighted by Gasteiger charge is -2.00. The number of ether oxygens (including phenoxy) is 1. The summed E-state index contributed by atoms with van der Waals surface area (Å²) in [7, 11) is -9.07. The minimum Gasteiger partial charge on any atom is -0.497 e. The third-order valence-corrected chi connectivity index (χ3v) is 1.40. The van der Waals surface area contributed by atoms with Crippen LogP contribution in [0.4, 0.5) is 17.3 Å². The van der Waals surface area contributed by atoms with Gasteiger partial charge in [0.15, 0.2) is 0 Å². The molecule has 0 heterocycles. The lowest BCUT2D eigenvalue weighted by Crippen LogP contribution is -2.10. The van der Waals surface area contributed by atoms with Gasteiger partial charge < -0.3 is 50.7 Å². The molecule has 0 aromatic heterocycles.